The zero-order chi connectivity index (χ0) is 13.4. The molecule has 1 aromatic rings. The highest BCUT2D eigenvalue weighted by molar-refractivity contribution is 5.91. The van der Waals surface area contributed by atoms with Crippen molar-refractivity contribution in [2.45, 2.75) is 6.92 Å². The molecule has 0 spiro atoms. The van der Waals surface area contributed by atoms with E-state index in [1.54, 1.807) is 25.0 Å². The second-order valence-corrected chi connectivity index (χ2v) is 3.86. The molecule has 0 fully saturated rings. The quantitative estimate of drug-likeness (QED) is 0.674. The Labute approximate surface area is 106 Å². The number of aromatic nitrogens is 1. The molecule has 0 aliphatic carbocycles. The van der Waals surface area contributed by atoms with Crippen LogP contribution in [-0.4, -0.2) is 61.0 Å². The van der Waals surface area contributed by atoms with Gasteiger partial charge in [-0.3, -0.25) is 9.69 Å². The van der Waals surface area contributed by atoms with E-state index in [-0.39, 0.29) is 19.1 Å². The molecule has 7 nitrogen and oxygen atoms in total. The Hall–Kier alpha value is -1.44. The number of aliphatic hydroxyl groups excluding tert-OH is 1. The molecule has 7 heteroatoms. The van der Waals surface area contributed by atoms with E-state index < -0.39 is 0 Å². The number of carbonyl (C=O) groups is 1. The molecule has 0 atom stereocenters. The van der Waals surface area contributed by atoms with Crippen LogP contribution in [0.15, 0.2) is 10.6 Å². The van der Waals surface area contributed by atoms with Gasteiger partial charge in [-0.25, -0.2) is 0 Å². The van der Waals surface area contributed by atoms with Crippen molar-refractivity contribution in [2.24, 2.45) is 0 Å². The molecule has 0 saturated heterocycles. The third-order valence-electron chi connectivity index (χ3n) is 2.29. The van der Waals surface area contributed by atoms with Gasteiger partial charge in [0.2, 0.25) is 5.91 Å². The van der Waals surface area contributed by atoms with Gasteiger partial charge in [0.15, 0.2) is 5.82 Å². The van der Waals surface area contributed by atoms with Crippen LogP contribution in [0.2, 0.25) is 0 Å². The molecule has 0 saturated carbocycles. The highest BCUT2D eigenvalue weighted by atomic mass is 16.5. The van der Waals surface area contributed by atoms with E-state index in [1.807, 2.05) is 0 Å². The van der Waals surface area contributed by atoms with E-state index in [4.69, 9.17) is 14.4 Å². The van der Waals surface area contributed by atoms with E-state index >= 15 is 0 Å². The summed E-state index contributed by atoms with van der Waals surface area (Å²) in [5.74, 6) is 0.831. The Bertz CT molecular complexity index is 367. The summed E-state index contributed by atoms with van der Waals surface area (Å²) >= 11 is 0. The maximum atomic E-state index is 11.7. The van der Waals surface area contributed by atoms with Gasteiger partial charge in [-0.1, -0.05) is 5.16 Å². The van der Waals surface area contributed by atoms with Crippen molar-refractivity contribution in [1.82, 2.24) is 10.1 Å². The van der Waals surface area contributed by atoms with Crippen LogP contribution in [0.3, 0.4) is 0 Å². The Morgan fingerprint density at radius 2 is 2.39 bits per heavy atom. The number of carbonyl (C=O) groups excluding carboxylic acids is 1. The number of nitrogens with zero attached hydrogens (tertiary/aromatic N) is 2. The first kappa shape index (κ1) is 14.6. The van der Waals surface area contributed by atoms with E-state index in [0.29, 0.717) is 31.3 Å². The van der Waals surface area contributed by atoms with Crippen LogP contribution in [0.25, 0.3) is 0 Å². The molecule has 18 heavy (non-hydrogen) atoms. The normalized spacial score (nSPS) is 10.9. The Morgan fingerprint density at radius 3 is 2.94 bits per heavy atom. The average molecular weight is 257 g/mol. The average Bonchev–Trinajstić information content (AvgIpc) is 2.71. The Kier molecular flexibility index (Phi) is 6.34. The minimum absolute atomic E-state index is 0.0000623. The molecule has 1 amide bonds. The van der Waals surface area contributed by atoms with Crippen LogP contribution in [0.5, 0.6) is 0 Å². The molecule has 102 valence electrons. The van der Waals surface area contributed by atoms with E-state index in [0.717, 1.165) is 0 Å². The third-order valence-corrected chi connectivity index (χ3v) is 2.29. The molecular weight excluding hydrogens is 238 g/mol. The van der Waals surface area contributed by atoms with Crippen molar-refractivity contribution in [1.29, 1.82) is 0 Å². The summed E-state index contributed by atoms with van der Waals surface area (Å²) in [6, 6.07) is 1.64. The topological polar surface area (TPSA) is 87.8 Å². The predicted molar refractivity (Wildman–Crippen MR) is 65.3 cm³/mol. The van der Waals surface area contributed by atoms with Crippen molar-refractivity contribution in [3.63, 3.8) is 0 Å². The zero-order valence-corrected chi connectivity index (χ0v) is 10.7. The van der Waals surface area contributed by atoms with Crippen LogP contribution in [0.4, 0.5) is 5.82 Å². The van der Waals surface area contributed by atoms with Crippen molar-refractivity contribution in [2.75, 3.05) is 45.3 Å². The molecule has 1 heterocycles. The van der Waals surface area contributed by atoms with Crippen LogP contribution in [0.1, 0.15) is 5.76 Å². The van der Waals surface area contributed by atoms with E-state index in [1.165, 1.54) is 0 Å². The summed E-state index contributed by atoms with van der Waals surface area (Å²) in [6.45, 7) is 3.45. The second kappa shape index (κ2) is 7.80. The fourth-order valence-corrected chi connectivity index (χ4v) is 1.44. The highest BCUT2D eigenvalue weighted by Crippen LogP contribution is 2.06. The first-order valence-corrected chi connectivity index (χ1v) is 5.71. The lowest BCUT2D eigenvalue weighted by Crippen LogP contribution is -2.37. The largest absolute Gasteiger partial charge is 0.395 e. The number of ether oxygens (including phenoxy) is 1. The number of hydrogen-bond acceptors (Lipinski definition) is 6. The fraction of sp³-hybridized carbons (Fsp3) is 0.636. The molecule has 1 aromatic heterocycles. The smallest absolute Gasteiger partial charge is 0.239 e. The first-order valence-electron chi connectivity index (χ1n) is 5.71. The SMILES string of the molecule is COCCN(CCO)CC(=O)Nc1cc(C)on1. The molecule has 0 aromatic carbocycles. The first-order chi connectivity index (χ1) is 8.65. The monoisotopic (exact) mass is 257 g/mol. The highest BCUT2D eigenvalue weighted by Gasteiger charge is 2.11. The second-order valence-electron chi connectivity index (χ2n) is 3.86. The third kappa shape index (κ3) is 5.26. The number of anilines is 1. The molecule has 0 unspecified atom stereocenters. The minimum atomic E-state index is -0.201. The van der Waals surface area contributed by atoms with E-state index in [2.05, 4.69) is 10.5 Å². The summed E-state index contributed by atoms with van der Waals surface area (Å²) in [7, 11) is 1.59. The van der Waals surface area contributed by atoms with Gasteiger partial charge in [0.05, 0.1) is 19.8 Å². The van der Waals surface area contributed by atoms with Crippen LogP contribution >= 0.6 is 0 Å². The summed E-state index contributed by atoms with van der Waals surface area (Å²) < 4.78 is 9.78. The molecule has 0 aliphatic rings. The van der Waals surface area contributed by atoms with Crippen LogP contribution < -0.4 is 5.32 Å². The number of aliphatic hydroxyl groups is 1. The lowest BCUT2D eigenvalue weighted by Gasteiger charge is -2.19. The van der Waals surface area contributed by atoms with Gasteiger partial charge in [0, 0.05) is 26.3 Å². The van der Waals surface area contributed by atoms with Crippen LogP contribution in [-0.2, 0) is 9.53 Å². The Balaban J connectivity index is 2.40. The summed E-state index contributed by atoms with van der Waals surface area (Å²) in [6.07, 6.45) is 0. The summed E-state index contributed by atoms with van der Waals surface area (Å²) in [4.78, 5) is 13.5. The van der Waals surface area contributed by atoms with E-state index in [9.17, 15) is 4.79 Å². The van der Waals surface area contributed by atoms with Gasteiger partial charge in [-0.05, 0) is 6.92 Å². The number of nitrogens with one attached hydrogen (secondary N) is 1. The van der Waals surface area contributed by atoms with Gasteiger partial charge in [-0.2, -0.15) is 0 Å². The Morgan fingerprint density at radius 1 is 1.61 bits per heavy atom. The lowest BCUT2D eigenvalue weighted by molar-refractivity contribution is -0.117. The number of rotatable bonds is 8. The molecule has 0 aliphatic heterocycles. The lowest BCUT2D eigenvalue weighted by atomic mass is 10.4. The molecule has 0 bridgehead atoms. The summed E-state index contributed by atoms with van der Waals surface area (Å²) in [5, 5.41) is 15.2. The summed E-state index contributed by atoms with van der Waals surface area (Å²) in [5.41, 5.74) is 0. The van der Waals surface area contributed by atoms with Crippen molar-refractivity contribution in [3.8, 4) is 0 Å². The predicted octanol–water partition coefficient (Wildman–Crippen LogP) is -0.138. The van der Waals surface area contributed by atoms with Gasteiger partial charge in [0.1, 0.15) is 5.76 Å². The van der Waals surface area contributed by atoms with Crippen molar-refractivity contribution >= 4 is 11.7 Å². The number of aryl methyl sites for hydroxylation is 1. The van der Waals surface area contributed by atoms with Gasteiger partial charge in [0.25, 0.3) is 0 Å². The van der Waals surface area contributed by atoms with Crippen LogP contribution in [0, 0.1) is 6.92 Å². The standard InChI is InChI=1S/C11H19N3O4/c1-9-7-10(13-18-9)12-11(16)8-14(3-5-15)4-6-17-2/h7,15H,3-6,8H2,1-2H3,(H,12,13,16). The number of hydrogen-bond donors (Lipinski definition) is 2. The molecule has 2 N–H and O–H groups in total. The maximum Gasteiger partial charge on any atom is 0.239 e. The molecule has 1 rings (SSSR count). The van der Waals surface area contributed by atoms with Gasteiger partial charge in [-0.15, -0.1) is 0 Å². The zero-order valence-electron chi connectivity index (χ0n) is 10.7. The molecule has 0 radical (unpaired) electrons. The fourth-order valence-electron chi connectivity index (χ4n) is 1.44. The minimum Gasteiger partial charge on any atom is -0.395 e. The molecular formula is C11H19N3O4. The van der Waals surface area contributed by atoms with Gasteiger partial charge >= 0.3 is 0 Å². The van der Waals surface area contributed by atoms with Crippen molar-refractivity contribution in [3.05, 3.63) is 11.8 Å². The number of methoxy groups -OCH3 is 1. The number of amides is 1. The van der Waals surface area contributed by atoms with Crippen molar-refractivity contribution < 1.29 is 19.2 Å². The maximum absolute atomic E-state index is 11.7. The van der Waals surface area contributed by atoms with Gasteiger partial charge < -0.3 is 19.7 Å².